The van der Waals surface area contributed by atoms with Crippen LogP contribution < -0.4 is 10.1 Å². The van der Waals surface area contributed by atoms with Crippen molar-refractivity contribution in [3.05, 3.63) is 29.8 Å². The number of nitrogens with one attached hydrogen (secondary N) is 1. The Morgan fingerprint density at radius 1 is 1.30 bits per heavy atom. The molecular weight excluding hydrogens is 250 g/mol. The minimum atomic E-state index is 0.0133. The highest BCUT2D eigenvalue weighted by atomic mass is 16.5. The zero-order valence-corrected chi connectivity index (χ0v) is 12.3. The minimum absolute atomic E-state index is 0.0133. The minimum Gasteiger partial charge on any atom is -0.487 e. The van der Waals surface area contributed by atoms with E-state index in [1.807, 2.05) is 13.0 Å². The predicted molar refractivity (Wildman–Crippen MR) is 79.9 cm³/mol. The summed E-state index contributed by atoms with van der Waals surface area (Å²) >= 11 is 0. The summed E-state index contributed by atoms with van der Waals surface area (Å²) in [5.74, 6) is 1.03. The topological polar surface area (TPSA) is 41.5 Å². The summed E-state index contributed by atoms with van der Waals surface area (Å²) in [5, 5.41) is 12.9. The number of hydrogen-bond acceptors (Lipinski definition) is 3. The smallest absolute Gasteiger partial charge is 0.124 e. The van der Waals surface area contributed by atoms with Gasteiger partial charge in [-0.15, -0.1) is 0 Å². The van der Waals surface area contributed by atoms with Crippen LogP contribution in [-0.2, 0) is 0 Å². The van der Waals surface area contributed by atoms with Gasteiger partial charge in [0.05, 0.1) is 6.61 Å². The maximum atomic E-state index is 9.32. The van der Waals surface area contributed by atoms with Gasteiger partial charge in [0.2, 0.25) is 0 Å². The normalized spacial score (nSPS) is 25.8. The summed E-state index contributed by atoms with van der Waals surface area (Å²) in [6.07, 6.45) is 7.21. The zero-order valence-electron chi connectivity index (χ0n) is 12.3. The van der Waals surface area contributed by atoms with Crippen molar-refractivity contribution in [3.63, 3.8) is 0 Å². The lowest BCUT2D eigenvalue weighted by Gasteiger charge is -2.45. The van der Waals surface area contributed by atoms with Gasteiger partial charge in [0, 0.05) is 24.1 Å². The Hall–Kier alpha value is -1.06. The van der Waals surface area contributed by atoms with E-state index >= 15 is 0 Å². The largest absolute Gasteiger partial charge is 0.487 e. The molecule has 2 N–H and O–H groups in total. The third-order valence-electron chi connectivity index (χ3n) is 4.72. The van der Waals surface area contributed by atoms with Crippen LogP contribution in [-0.4, -0.2) is 23.4 Å². The standard InChI is InChI=1S/C17H25NO2/c1-13(12-19)18-15-11-17(9-5-2-6-10-17)20-16-8-4-3-7-14(15)16/h3-4,7-8,13,15,18-19H,2,5-6,9-12H2,1H3/t13-,15?/m1/s1. The number of aliphatic hydroxyl groups excluding tert-OH is 1. The maximum Gasteiger partial charge on any atom is 0.124 e. The van der Waals surface area contributed by atoms with Crippen molar-refractivity contribution >= 4 is 0 Å². The highest BCUT2D eigenvalue weighted by molar-refractivity contribution is 5.39. The van der Waals surface area contributed by atoms with Crippen LogP contribution in [0.1, 0.15) is 57.1 Å². The van der Waals surface area contributed by atoms with E-state index in [-0.39, 0.29) is 18.2 Å². The van der Waals surface area contributed by atoms with E-state index in [0.29, 0.717) is 6.04 Å². The average molecular weight is 275 g/mol. The Labute approximate surface area is 121 Å². The molecule has 1 unspecified atom stereocenters. The third-order valence-corrected chi connectivity index (χ3v) is 4.72. The summed E-state index contributed by atoms with van der Waals surface area (Å²) in [6.45, 7) is 2.21. The van der Waals surface area contributed by atoms with E-state index in [1.54, 1.807) is 0 Å². The second kappa shape index (κ2) is 5.74. The fraction of sp³-hybridized carbons (Fsp3) is 0.647. The molecule has 110 valence electrons. The van der Waals surface area contributed by atoms with Gasteiger partial charge < -0.3 is 15.2 Å². The van der Waals surface area contributed by atoms with Crippen LogP contribution in [0.4, 0.5) is 0 Å². The van der Waals surface area contributed by atoms with E-state index in [2.05, 4.69) is 23.5 Å². The maximum absolute atomic E-state index is 9.32. The molecule has 1 heterocycles. The lowest BCUT2D eigenvalue weighted by Crippen LogP contribution is -2.47. The van der Waals surface area contributed by atoms with Crippen LogP contribution in [0.2, 0.25) is 0 Å². The predicted octanol–water partition coefficient (Wildman–Crippen LogP) is 3.18. The number of benzene rings is 1. The molecule has 3 rings (SSSR count). The van der Waals surface area contributed by atoms with E-state index in [9.17, 15) is 5.11 Å². The Bertz CT molecular complexity index is 454. The SMILES string of the molecule is C[C@H](CO)NC1CC2(CCCCC2)Oc2ccccc21. The molecule has 2 atom stereocenters. The highest BCUT2D eigenvalue weighted by Crippen LogP contribution is 2.46. The first-order valence-corrected chi connectivity index (χ1v) is 7.87. The quantitative estimate of drug-likeness (QED) is 0.890. The van der Waals surface area contributed by atoms with Crippen LogP contribution in [0.3, 0.4) is 0 Å². The molecule has 0 radical (unpaired) electrons. The summed E-state index contributed by atoms with van der Waals surface area (Å²) in [5.41, 5.74) is 1.25. The Morgan fingerprint density at radius 3 is 2.80 bits per heavy atom. The van der Waals surface area contributed by atoms with Crippen molar-refractivity contribution in [1.82, 2.24) is 5.32 Å². The number of hydrogen-bond donors (Lipinski definition) is 2. The van der Waals surface area contributed by atoms with Crippen molar-refractivity contribution in [1.29, 1.82) is 0 Å². The Balaban J connectivity index is 1.88. The molecular formula is C17H25NO2. The van der Waals surface area contributed by atoms with Crippen molar-refractivity contribution in [2.75, 3.05) is 6.61 Å². The molecule has 3 heteroatoms. The van der Waals surface area contributed by atoms with E-state index in [0.717, 1.165) is 25.0 Å². The fourth-order valence-corrected chi connectivity index (χ4v) is 3.67. The molecule has 2 aliphatic rings. The first kappa shape index (κ1) is 13.9. The van der Waals surface area contributed by atoms with Crippen LogP contribution in [0.15, 0.2) is 24.3 Å². The monoisotopic (exact) mass is 275 g/mol. The second-order valence-corrected chi connectivity index (χ2v) is 6.39. The number of fused-ring (bicyclic) bond motifs is 1. The van der Waals surface area contributed by atoms with Crippen molar-refractivity contribution in [2.24, 2.45) is 0 Å². The first-order chi connectivity index (χ1) is 9.72. The van der Waals surface area contributed by atoms with Crippen molar-refractivity contribution in [2.45, 2.75) is 63.1 Å². The molecule has 0 aromatic heterocycles. The molecule has 0 amide bonds. The molecule has 1 aromatic carbocycles. The lowest BCUT2D eigenvalue weighted by molar-refractivity contribution is -0.00471. The Kier molecular flexibility index (Phi) is 3.99. The summed E-state index contributed by atoms with van der Waals surface area (Å²) in [7, 11) is 0. The molecule has 1 aliphatic heterocycles. The first-order valence-electron chi connectivity index (χ1n) is 7.87. The van der Waals surface area contributed by atoms with Crippen LogP contribution in [0.25, 0.3) is 0 Å². The number of ether oxygens (including phenoxy) is 1. The van der Waals surface area contributed by atoms with Gasteiger partial charge >= 0.3 is 0 Å². The number of rotatable bonds is 3. The fourth-order valence-electron chi connectivity index (χ4n) is 3.67. The van der Waals surface area contributed by atoms with Gasteiger partial charge in [-0.05, 0) is 38.7 Å². The number of para-hydroxylation sites is 1. The molecule has 0 bridgehead atoms. The van der Waals surface area contributed by atoms with E-state index < -0.39 is 0 Å². The number of aliphatic hydroxyl groups is 1. The van der Waals surface area contributed by atoms with Crippen molar-refractivity contribution in [3.8, 4) is 5.75 Å². The lowest BCUT2D eigenvalue weighted by atomic mass is 9.77. The van der Waals surface area contributed by atoms with Crippen LogP contribution >= 0.6 is 0 Å². The molecule has 20 heavy (non-hydrogen) atoms. The van der Waals surface area contributed by atoms with Gasteiger partial charge in [0.15, 0.2) is 0 Å². The van der Waals surface area contributed by atoms with E-state index in [1.165, 1.54) is 24.8 Å². The second-order valence-electron chi connectivity index (χ2n) is 6.39. The highest BCUT2D eigenvalue weighted by Gasteiger charge is 2.41. The third kappa shape index (κ3) is 2.70. The zero-order chi connectivity index (χ0) is 14.0. The van der Waals surface area contributed by atoms with Gasteiger partial charge in [-0.25, -0.2) is 0 Å². The molecule has 1 aromatic rings. The molecule has 3 nitrogen and oxygen atoms in total. The van der Waals surface area contributed by atoms with E-state index in [4.69, 9.17) is 4.74 Å². The summed E-state index contributed by atoms with van der Waals surface area (Å²) < 4.78 is 6.40. The summed E-state index contributed by atoms with van der Waals surface area (Å²) in [6, 6.07) is 8.76. The molecule has 1 spiro atoms. The van der Waals surface area contributed by atoms with Crippen LogP contribution in [0.5, 0.6) is 5.75 Å². The van der Waals surface area contributed by atoms with Crippen LogP contribution in [0, 0.1) is 0 Å². The van der Waals surface area contributed by atoms with Crippen molar-refractivity contribution < 1.29 is 9.84 Å². The van der Waals surface area contributed by atoms with Gasteiger partial charge in [0.25, 0.3) is 0 Å². The van der Waals surface area contributed by atoms with Gasteiger partial charge in [0.1, 0.15) is 11.4 Å². The van der Waals surface area contributed by atoms with Gasteiger partial charge in [-0.3, -0.25) is 0 Å². The molecule has 0 saturated heterocycles. The van der Waals surface area contributed by atoms with Gasteiger partial charge in [-0.1, -0.05) is 24.6 Å². The molecule has 1 aliphatic carbocycles. The molecule has 1 saturated carbocycles. The summed E-state index contributed by atoms with van der Waals surface area (Å²) in [4.78, 5) is 0. The average Bonchev–Trinajstić information content (AvgIpc) is 2.48. The Morgan fingerprint density at radius 2 is 2.05 bits per heavy atom. The van der Waals surface area contributed by atoms with Gasteiger partial charge in [-0.2, -0.15) is 0 Å². The molecule has 1 fully saturated rings.